The number of hydrogen-bond acceptors (Lipinski definition) is 4. The second kappa shape index (κ2) is 14.9. The fourth-order valence-corrected chi connectivity index (χ4v) is 3.52. The summed E-state index contributed by atoms with van der Waals surface area (Å²) in [5.41, 5.74) is 1.32. The number of hydrogen-bond donors (Lipinski definition) is 2. The van der Waals surface area contributed by atoms with Crippen molar-refractivity contribution in [2.75, 3.05) is 53.2 Å². The second-order valence-corrected chi connectivity index (χ2v) is 8.07. The van der Waals surface area contributed by atoms with Crippen LogP contribution in [0.5, 0.6) is 5.75 Å². The first-order chi connectivity index (χ1) is 14.1. The molecule has 1 aromatic rings. The predicted molar refractivity (Wildman–Crippen MR) is 134 cm³/mol. The second-order valence-electron chi connectivity index (χ2n) is 8.07. The SMILES string of the molecule is CCNC(=NCC1(c2ccc(OC)cc2)CCOCC1)NCCCOCC(C)C.I. The number of rotatable bonds is 11. The molecule has 0 bridgehead atoms. The average molecular weight is 533 g/mol. The fourth-order valence-electron chi connectivity index (χ4n) is 3.52. The van der Waals surface area contributed by atoms with Gasteiger partial charge in [0.1, 0.15) is 5.75 Å². The molecule has 30 heavy (non-hydrogen) atoms. The molecule has 1 aliphatic rings. The molecule has 2 rings (SSSR count). The molecule has 1 aliphatic heterocycles. The zero-order valence-electron chi connectivity index (χ0n) is 19.0. The molecule has 1 heterocycles. The van der Waals surface area contributed by atoms with Gasteiger partial charge in [0.05, 0.1) is 13.7 Å². The van der Waals surface area contributed by atoms with Gasteiger partial charge in [0.25, 0.3) is 0 Å². The first-order valence-corrected chi connectivity index (χ1v) is 10.9. The Hall–Kier alpha value is -1.06. The Morgan fingerprint density at radius 2 is 1.87 bits per heavy atom. The van der Waals surface area contributed by atoms with Gasteiger partial charge in [-0.3, -0.25) is 4.99 Å². The number of ether oxygens (including phenoxy) is 3. The molecule has 0 amide bonds. The summed E-state index contributed by atoms with van der Waals surface area (Å²) in [5, 5.41) is 6.81. The van der Waals surface area contributed by atoms with Crippen LogP contribution >= 0.6 is 24.0 Å². The number of benzene rings is 1. The topological polar surface area (TPSA) is 64.1 Å². The molecule has 0 saturated carbocycles. The third-order valence-corrected chi connectivity index (χ3v) is 5.25. The Morgan fingerprint density at radius 1 is 1.17 bits per heavy atom. The molecule has 1 saturated heterocycles. The summed E-state index contributed by atoms with van der Waals surface area (Å²) in [6, 6.07) is 8.42. The van der Waals surface area contributed by atoms with Crippen molar-refractivity contribution in [3.63, 3.8) is 0 Å². The Labute approximate surface area is 199 Å². The van der Waals surface area contributed by atoms with Gasteiger partial charge in [-0.1, -0.05) is 26.0 Å². The van der Waals surface area contributed by atoms with Gasteiger partial charge in [0, 0.05) is 44.9 Å². The van der Waals surface area contributed by atoms with E-state index in [0.717, 1.165) is 77.0 Å². The molecule has 1 aromatic carbocycles. The lowest BCUT2D eigenvalue weighted by molar-refractivity contribution is 0.0531. The summed E-state index contributed by atoms with van der Waals surface area (Å²) in [5.74, 6) is 2.33. The maximum atomic E-state index is 5.66. The van der Waals surface area contributed by atoms with E-state index in [1.165, 1.54) is 5.56 Å². The van der Waals surface area contributed by atoms with E-state index in [0.29, 0.717) is 5.92 Å². The molecule has 0 aromatic heterocycles. The zero-order chi connectivity index (χ0) is 21.0. The van der Waals surface area contributed by atoms with Crippen LogP contribution in [0.4, 0.5) is 0 Å². The van der Waals surface area contributed by atoms with E-state index in [2.05, 4.69) is 43.5 Å². The maximum Gasteiger partial charge on any atom is 0.191 e. The van der Waals surface area contributed by atoms with Crippen molar-refractivity contribution in [1.29, 1.82) is 0 Å². The molecule has 2 N–H and O–H groups in total. The van der Waals surface area contributed by atoms with E-state index in [9.17, 15) is 0 Å². The zero-order valence-corrected chi connectivity index (χ0v) is 21.4. The van der Waals surface area contributed by atoms with Crippen molar-refractivity contribution in [3.8, 4) is 5.75 Å². The van der Waals surface area contributed by atoms with Gasteiger partial charge in [-0.05, 0) is 49.8 Å². The van der Waals surface area contributed by atoms with E-state index in [-0.39, 0.29) is 29.4 Å². The molecular weight excluding hydrogens is 493 g/mol. The lowest BCUT2D eigenvalue weighted by atomic mass is 9.74. The van der Waals surface area contributed by atoms with E-state index in [4.69, 9.17) is 19.2 Å². The van der Waals surface area contributed by atoms with Gasteiger partial charge in [-0.15, -0.1) is 24.0 Å². The van der Waals surface area contributed by atoms with Gasteiger partial charge >= 0.3 is 0 Å². The highest BCUT2D eigenvalue weighted by Crippen LogP contribution is 2.36. The highest BCUT2D eigenvalue weighted by atomic mass is 127. The number of methoxy groups -OCH3 is 1. The monoisotopic (exact) mass is 533 g/mol. The van der Waals surface area contributed by atoms with Crippen molar-refractivity contribution in [2.24, 2.45) is 10.9 Å². The molecule has 0 atom stereocenters. The van der Waals surface area contributed by atoms with Crippen molar-refractivity contribution < 1.29 is 14.2 Å². The van der Waals surface area contributed by atoms with E-state index >= 15 is 0 Å². The average Bonchev–Trinajstić information content (AvgIpc) is 2.75. The van der Waals surface area contributed by atoms with E-state index in [1.54, 1.807) is 7.11 Å². The van der Waals surface area contributed by atoms with Crippen molar-refractivity contribution in [1.82, 2.24) is 10.6 Å². The van der Waals surface area contributed by atoms with Gasteiger partial charge in [-0.2, -0.15) is 0 Å². The van der Waals surface area contributed by atoms with Crippen LogP contribution in [0.15, 0.2) is 29.3 Å². The summed E-state index contributed by atoms with van der Waals surface area (Å²) >= 11 is 0. The molecule has 0 unspecified atom stereocenters. The number of guanidine groups is 1. The van der Waals surface area contributed by atoms with Crippen LogP contribution in [0.2, 0.25) is 0 Å². The minimum atomic E-state index is 0. The Morgan fingerprint density at radius 3 is 2.47 bits per heavy atom. The number of aliphatic imine (C=N–C) groups is 1. The van der Waals surface area contributed by atoms with Crippen molar-refractivity contribution >= 4 is 29.9 Å². The summed E-state index contributed by atoms with van der Waals surface area (Å²) < 4.78 is 16.6. The summed E-state index contributed by atoms with van der Waals surface area (Å²) in [7, 11) is 1.70. The summed E-state index contributed by atoms with van der Waals surface area (Å²) in [4.78, 5) is 4.94. The standard InChI is InChI=1S/C23H39N3O3.HI/c1-5-24-22(25-13-6-14-29-17-19(2)3)26-18-23(11-15-28-16-12-23)20-7-9-21(27-4)10-8-20;/h7-10,19H,5-6,11-18H2,1-4H3,(H2,24,25,26);1H. The highest BCUT2D eigenvalue weighted by Gasteiger charge is 2.34. The minimum absolute atomic E-state index is 0. The quantitative estimate of drug-likeness (QED) is 0.195. The van der Waals surface area contributed by atoms with Gasteiger partial charge in [0.2, 0.25) is 0 Å². The molecule has 0 spiro atoms. The maximum absolute atomic E-state index is 5.66. The van der Waals surface area contributed by atoms with Gasteiger partial charge in [-0.25, -0.2) is 0 Å². The first kappa shape index (κ1) is 27.0. The minimum Gasteiger partial charge on any atom is -0.497 e. The van der Waals surface area contributed by atoms with Crippen LogP contribution in [0.25, 0.3) is 0 Å². The number of halogens is 1. The van der Waals surface area contributed by atoms with Crippen LogP contribution in [0.3, 0.4) is 0 Å². The molecule has 1 fully saturated rings. The van der Waals surface area contributed by atoms with Crippen LogP contribution in [-0.4, -0.2) is 59.1 Å². The van der Waals surface area contributed by atoms with E-state index in [1.807, 2.05) is 12.1 Å². The first-order valence-electron chi connectivity index (χ1n) is 10.9. The van der Waals surface area contributed by atoms with Gasteiger partial charge in [0.15, 0.2) is 5.96 Å². The van der Waals surface area contributed by atoms with Gasteiger partial charge < -0.3 is 24.8 Å². The van der Waals surface area contributed by atoms with Crippen LogP contribution in [0, 0.1) is 5.92 Å². The van der Waals surface area contributed by atoms with E-state index < -0.39 is 0 Å². The van der Waals surface area contributed by atoms with Crippen LogP contribution in [0.1, 0.15) is 45.6 Å². The smallest absolute Gasteiger partial charge is 0.191 e. The molecular formula is C23H40IN3O3. The largest absolute Gasteiger partial charge is 0.497 e. The molecule has 0 aliphatic carbocycles. The number of nitrogens with zero attached hydrogens (tertiary/aromatic N) is 1. The Balaban J connectivity index is 0.00000450. The summed E-state index contributed by atoms with van der Waals surface area (Å²) in [6.45, 7) is 12.0. The van der Waals surface area contributed by atoms with Crippen LogP contribution in [-0.2, 0) is 14.9 Å². The molecule has 0 radical (unpaired) electrons. The Bertz CT molecular complexity index is 602. The van der Waals surface area contributed by atoms with Crippen molar-refractivity contribution in [3.05, 3.63) is 29.8 Å². The third kappa shape index (κ3) is 8.98. The van der Waals surface area contributed by atoms with Crippen LogP contribution < -0.4 is 15.4 Å². The molecule has 172 valence electrons. The Kier molecular flexibility index (Phi) is 13.4. The lowest BCUT2D eigenvalue weighted by Crippen LogP contribution is -2.41. The van der Waals surface area contributed by atoms with Crippen molar-refractivity contribution in [2.45, 2.75) is 45.4 Å². The molecule has 6 nitrogen and oxygen atoms in total. The normalized spacial score (nSPS) is 16.1. The number of nitrogens with one attached hydrogen (secondary N) is 2. The molecule has 7 heteroatoms. The fraction of sp³-hybridized carbons (Fsp3) is 0.696. The summed E-state index contributed by atoms with van der Waals surface area (Å²) in [6.07, 6.45) is 2.92. The highest BCUT2D eigenvalue weighted by molar-refractivity contribution is 14.0. The predicted octanol–water partition coefficient (Wildman–Crippen LogP) is 3.98. The lowest BCUT2D eigenvalue weighted by Gasteiger charge is -2.36. The third-order valence-electron chi connectivity index (χ3n) is 5.25.